The number of nitrogens with zero attached hydrogens (tertiary/aromatic N) is 2. The number of carbonyl (C=O) groups excluding carboxylic acids is 2. The normalized spacial score (nSPS) is 15.5. The van der Waals surface area contributed by atoms with Crippen LogP contribution in [0.4, 0.5) is 5.69 Å². The maximum atomic E-state index is 13.2. The monoisotopic (exact) mass is 469 g/mol. The van der Waals surface area contributed by atoms with E-state index in [0.29, 0.717) is 15.7 Å². The van der Waals surface area contributed by atoms with Crippen molar-refractivity contribution in [1.82, 2.24) is 9.88 Å². The van der Waals surface area contributed by atoms with Gasteiger partial charge in [-0.2, -0.15) is 0 Å². The molecule has 1 fully saturated rings. The zero-order chi connectivity index (χ0) is 22.3. The highest BCUT2D eigenvalue weighted by molar-refractivity contribution is 7.80. The zero-order valence-corrected chi connectivity index (χ0v) is 19.0. The van der Waals surface area contributed by atoms with Gasteiger partial charge in [-0.3, -0.25) is 19.8 Å². The van der Waals surface area contributed by atoms with E-state index in [1.54, 1.807) is 30.3 Å². The second kappa shape index (κ2) is 8.30. The molecule has 31 heavy (non-hydrogen) atoms. The van der Waals surface area contributed by atoms with E-state index in [2.05, 4.69) is 5.32 Å². The van der Waals surface area contributed by atoms with Crippen LogP contribution in [0.15, 0.2) is 60.2 Å². The molecular formula is C23H17Cl2N3O2S. The van der Waals surface area contributed by atoms with E-state index >= 15 is 0 Å². The third-order valence-corrected chi connectivity index (χ3v) is 5.91. The number of hydrogen-bond acceptors (Lipinski definition) is 3. The lowest BCUT2D eigenvalue weighted by atomic mass is 10.1. The largest absolute Gasteiger partial charge is 0.318 e. The second-order valence-corrected chi connectivity index (χ2v) is 8.28. The third kappa shape index (κ3) is 3.90. The van der Waals surface area contributed by atoms with Gasteiger partial charge >= 0.3 is 0 Å². The molecule has 156 valence electrons. The summed E-state index contributed by atoms with van der Waals surface area (Å²) < 4.78 is 2.03. The van der Waals surface area contributed by atoms with Gasteiger partial charge in [0.2, 0.25) is 0 Å². The molecule has 5 nitrogen and oxygen atoms in total. The molecule has 1 N–H and O–H groups in total. The van der Waals surface area contributed by atoms with Crippen LogP contribution in [0, 0.1) is 13.8 Å². The number of para-hydroxylation sites is 1. The van der Waals surface area contributed by atoms with Crippen LogP contribution in [0.2, 0.25) is 10.0 Å². The second-order valence-electron chi connectivity index (χ2n) is 7.05. The molecule has 8 heteroatoms. The molecule has 1 saturated heterocycles. The summed E-state index contributed by atoms with van der Waals surface area (Å²) in [6.45, 7) is 3.88. The standard InChI is InChI=1S/C23H17Cl2N3O2S/c1-13-11-15(14(2)27(13)17-9-7-16(24)8-10-17)12-18-21(29)26-23(31)28(22(18)30)20-6-4-3-5-19(20)25/h3-12H,1-2H3,(H,26,29,31). The summed E-state index contributed by atoms with van der Waals surface area (Å²) in [5, 5.41) is 3.58. The molecule has 0 spiro atoms. The minimum atomic E-state index is -0.547. The Balaban J connectivity index is 1.77. The highest BCUT2D eigenvalue weighted by atomic mass is 35.5. The van der Waals surface area contributed by atoms with Gasteiger partial charge in [0.1, 0.15) is 5.57 Å². The van der Waals surface area contributed by atoms with E-state index in [1.165, 1.54) is 4.90 Å². The van der Waals surface area contributed by atoms with Gasteiger partial charge in [-0.1, -0.05) is 35.3 Å². The van der Waals surface area contributed by atoms with Crippen molar-refractivity contribution in [3.8, 4) is 5.69 Å². The number of aromatic nitrogens is 1. The topological polar surface area (TPSA) is 54.3 Å². The van der Waals surface area contributed by atoms with Gasteiger partial charge in [0.25, 0.3) is 11.8 Å². The summed E-state index contributed by atoms with van der Waals surface area (Å²) in [4.78, 5) is 27.1. The third-order valence-electron chi connectivity index (χ3n) is 5.05. The van der Waals surface area contributed by atoms with E-state index in [-0.39, 0.29) is 10.7 Å². The van der Waals surface area contributed by atoms with Gasteiger partial charge in [0.15, 0.2) is 5.11 Å². The number of anilines is 1. The van der Waals surface area contributed by atoms with Crippen LogP contribution in [-0.4, -0.2) is 21.5 Å². The first-order valence-electron chi connectivity index (χ1n) is 9.39. The lowest BCUT2D eigenvalue weighted by Crippen LogP contribution is -2.54. The fourth-order valence-electron chi connectivity index (χ4n) is 3.59. The Bertz CT molecular complexity index is 1260. The summed E-state index contributed by atoms with van der Waals surface area (Å²) in [5.74, 6) is -1.08. The number of rotatable bonds is 3. The molecule has 0 unspecified atom stereocenters. The van der Waals surface area contributed by atoms with E-state index in [4.69, 9.17) is 35.4 Å². The average molecular weight is 470 g/mol. The van der Waals surface area contributed by atoms with E-state index < -0.39 is 11.8 Å². The van der Waals surface area contributed by atoms with Gasteiger partial charge < -0.3 is 4.57 Å². The summed E-state index contributed by atoms with van der Waals surface area (Å²) in [5.41, 5.74) is 3.90. The molecule has 0 atom stereocenters. The minimum Gasteiger partial charge on any atom is -0.318 e. The first-order chi connectivity index (χ1) is 14.8. The van der Waals surface area contributed by atoms with Crippen molar-refractivity contribution in [3.05, 3.63) is 87.2 Å². The average Bonchev–Trinajstić information content (AvgIpc) is 3.00. The van der Waals surface area contributed by atoms with E-state index in [0.717, 1.165) is 22.6 Å². The molecule has 0 saturated carbocycles. The number of nitrogens with one attached hydrogen (secondary N) is 1. The molecule has 2 aromatic carbocycles. The summed E-state index contributed by atoms with van der Waals surface area (Å²) in [6.07, 6.45) is 1.58. The van der Waals surface area contributed by atoms with Crippen molar-refractivity contribution in [2.75, 3.05) is 4.90 Å². The molecule has 2 amide bonds. The van der Waals surface area contributed by atoms with Gasteiger partial charge in [-0.15, -0.1) is 0 Å². The maximum absolute atomic E-state index is 13.2. The molecule has 4 rings (SSSR count). The predicted octanol–water partition coefficient (Wildman–Crippen LogP) is 5.23. The van der Waals surface area contributed by atoms with Gasteiger partial charge in [0, 0.05) is 22.1 Å². The van der Waals surface area contributed by atoms with E-state index in [9.17, 15) is 9.59 Å². The van der Waals surface area contributed by atoms with Crippen molar-refractivity contribution in [2.24, 2.45) is 0 Å². The minimum absolute atomic E-state index is 0.00751. The molecular weight excluding hydrogens is 453 g/mol. The van der Waals surface area contributed by atoms with Crippen LogP contribution < -0.4 is 10.2 Å². The number of thiocarbonyl (C=S) groups is 1. The van der Waals surface area contributed by atoms with Crippen molar-refractivity contribution in [2.45, 2.75) is 13.8 Å². The zero-order valence-electron chi connectivity index (χ0n) is 16.6. The van der Waals surface area contributed by atoms with Crippen LogP contribution >= 0.6 is 35.4 Å². The number of carbonyl (C=O) groups is 2. The molecule has 0 radical (unpaired) electrons. The highest BCUT2D eigenvalue weighted by Gasteiger charge is 2.35. The number of amides is 2. The fraction of sp³-hybridized carbons (Fsp3) is 0.0870. The molecule has 1 aliphatic heterocycles. The Labute approximate surface area is 194 Å². The van der Waals surface area contributed by atoms with Crippen molar-refractivity contribution in [3.63, 3.8) is 0 Å². The Kier molecular flexibility index (Phi) is 5.71. The lowest BCUT2D eigenvalue weighted by Gasteiger charge is -2.29. The van der Waals surface area contributed by atoms with Gasteiger partial charge in [-0.05, 0) is 80.2 Å². The lowest BCUT2D eigenvalue weighted by molar-refractivity contribution is -0.122. The molecule has 3 aromatic rings. The first kappa shape index (κ1) is 21.3. The van der Waals surface area contributed by atoms with Crippen LogP contribution in [0.3, 0.4) is 0 Å². The van der Waals surface area contributed by atoms with Crippen molar-refractivity contribution < 1.29 is 9.59 Å². The number of aryl methyl sites for hydroxylation is 1. The smallest absolute Gasteiger partial charge is 0.270 e. The van der Waals surface area contributed by atoms with Crippen molar-refractivity contribution >= 4 is 64.1 Å². The van der Waals surface area contributed by atoms with E-state index in [1.807, 2.05) is 48.7 Å². The number of halogens is 2. The van der Waals surface area contributed by atoms with Crippen LogP contribution in [0.1, 0.15) is 17.0 Å². The van der Waals surface area contributed by atoms with Gasteiger partial charge in [-0.25, -0.2) is 0 Å². The molecule has 2 heterocycles. The van der Waals surface area contributed by atoms with Crippen molar-refractivity contribution in [1.29, 1.82) is 0 Å². The summed E-state index contributed by atoms with van der Waals surface area (Å²) >= 11 is 17.5. The SMILES string of the molecule is Cc1cc(C=C2C(=O)NC(=S)N(c3ccccc3Cl)C2=O)c(C)n1-c1ccc(Cl)cc1. The van der Waals surface area contributed by atoms with Crippen LogP contribution in [0.5, 0.6) is 0 Å². The number of benzene rings is 2. The first-order valence-corrected chi connectivity index (χ1v) is 10.5. The summed E-state index contributed by atoms with van der Waals surface area (Å²) in [7, 11) is 0. The van der Waals surface area contributed by atoms with Crippen LogP contribution in [0.25, 0.3) is 11.8 Å². The highest BCUT2D eigenvalue weighted by Crippen LogP contribution is 2.30. The molecule has 0 aliphatic carbocycles. The molecule has 1 aromatic heterocycles. The molecule has 0 bridgehead atoms. The Morgan fingerprint density at radius 2 is 1.68 bits per heavy atom. The predicted molar refractivity (Wildman–Crippen MR) is 128 cm³/mol. The molecule has 1 aliphatic rings. The quantitative estimate of drug-likeness (QED) is 0.324. The Morgan fingerprint density at radius 1 is 1.00 bits per heavy atom. The summed E-state index contributed by atoms with van der Waals surface area (Å²) in [6, 6.07) is 16.2. The number of hydrogen-bond donors (Lipinski definition) is 1. The Morgan fingerprint density at radius 3 is 2.35 bits per heavy atom. The van der Waals surface area contributed by atoms with Crippen LogP contribution in [-0.2, 0) is 9.59 Å². The Hall–Kier alpha value is -2.93. The van der Waals surface area contributed by atoms with Gasteiger partial charge in [0.05, 0.1) is 10.7 Å². The maximum Gasteiger partial charge on any atom is 0.270 e. The fourth-order valence-corrected chi connectivity index (χ4v) is 4.21.